The highest BCUT2D eigenvalue weighted by Gasteiger charge is 2.19. The fraction of sp³-hybridized carbons (Fsp3) is 0.300. The van der Waals surface area contributed by atoms with Crippen molar-refractivity contribution in [2.45, 2.75) is 38.2 Å². The molecule has 3 N–H and O–H groups in total. The maximum Gasteiger partial charge on any atom is 0.412 e. The highest BCUT2D eigenvalue weighted by Crippen LogP contribution is 2.24. The molecule has 0 fully saturated rings. The molecule has 2 rings (SSSR count). The van der Waals surface area contributed by atoms with Gasteiger partial charge in [-0.25, -0.2) is 22.3 Å². The Morgan fingerprint density at radius 1 is 1.00 bits per heavy atom. The number of benzene rings is 2. The number of sulfonamides is 1. The van der Waals surface area contributed by atoms with Gasteiger partial charge in [0.1, 0.15) is 11.4 Å². The molecule has 0 atom stereocenters. The van der Waals surface area contributed by atoms with Gasteiger partial charge in [0.25, 0.3) is 5.91 Å². The molecule has 30 heavy (non-hydrogen) atoms. The summed E-state index contributed by atoms with van der Waals surface area (Å²) in [6.45, 7) is 6.97. The topological polar surface area (TPSA) is 114 Å². The molecule has 10 heteroatoms. The molecule has 0 aliphatic rings. The zero-order valence-electron chi connectivity index (χ0n) is 17.1. The highest BCUT2D eigenvalue weighted by atomic mass is 32.2. The molecule has 2 aromatic carbocycles. The molecule has 0 heterocycles. The van der Waals surface area contributed by atoms with Crippen molar-refractivity contribution in [1.29, 1.82) is 0 Å². The molecule has 0 aromatic heterocycles. The van der Waals surface area contributed by atoms with Crippen molar-refractivity contribution < 1.29 is 27.1 Å². The van der Waals surface area contributed by atoms with E-state index in [4.69, 9.17) is 4.74 Å². The minimum Gasteiger partial charge on any atom is -0.444 e. The molecular weight excluding hydrogens is 413 g/mol. The molecule has 0 aliphatic carbocycles. The van der Waals surface area contributed by atoms with Crippen molar-refractivity contribution in [2.75, 3.05) is 17.2 Å². The van der Waals surface area contributed by atoms with Crippen molar-refractivity contribution in [3.05, 3.63) is 53.8 Å². The summed E-state index contributed by atoms with van der Waals surface area (Å²) in [5, 5.41) is 4.97. The summed E-state index contributed by atoms with van der Waals surface area (Å²) in [4.78, 5) is 24.6. The number of anilines is 2. The van der Waals surface area contributed by atoms with Gasteiger partial charge in [-0.2, -0.15) is 0 Å². The molecule has 2 aromatic rings. The van der Waals surface area contributed by atoms with Crippen molar-refractivity contribution in [1.82, 2.24) is 4.72 Å². The van der Waals surface area contributed by atoms with Crippen molar-refractivity contribution in [3.8, 4) is 0 Å². The standard InChI is InChI=1S/C20H24FN3O5S/c1-5-22-30(27,28)15-9-6-13(7-10-15)18(25)23-17-12-14(21)8-11-16(17)24-19(26)29-20(2,3)4/h6-12,22H,5H2,1-4H3,(H,23,25)(H,24,26). The van der Waals surface area contributed by atoms with Crippen LogP contribution in [0.5, 0.6) is 0 Å². The summed E-state index contributed by atoms with van der Waals surface area (Å²) in [5.41, 5.74) is -0.416. The average molecular weight is 437 g/mol. The molecular formula is C20H24FN3O5S. The number of rotatable bonds is 6. The predicted molar refractivity (Wildman–Crippen MR) is 112 cm³/mol. The summed E-state index contributed by atoms with van der Waals surface area (Å²) in [6, 6.07) is 8.72. The first-order chi connectivity index (χ1) is 13.9. The summed E-state index contributed by atoms with van der Waals surface area (Å²) >= 11 is 0. The van der Waals surface area contributed by atoms with Crippen LogP contribution in [0.15, 0.2) is 47.4 Å². The number of halogens is 1. The van der Waals surface area contributed by atoms with E-state index in [9.17, 15) is 22.4 Å². The van der Waals surface area contributed by atoms with Gasteiger partial charge in [-0.15, -0.1) is 0 Å². The van der Waals surface area contributed by atoms with Crippen molar-refractivity contribution in [2.24, 2.45) is 0 Å². The van der Waals surface area contributed by atoms with Crippen LogP contribution in [0.25, 0.3) is 0 Å². The lowest BCUT2D eigenvalue weighted by atomic mass is 10.2. The third kappa shape index (κ3) is 6.53. The van der Waals surface area contributed by atoms with Crippen LogP contribution in [0, 0.1) is 5.82 Å². The number of ether oxygens (including phenoxy) is 1. The number of carbonyl (C=O) groups is 2. The third-order valence-corrected chi connectivity index (χ3v) is 5.19. The molecule has 0 spiro atoms. The van der Waals surface area contributed by atoms with E-state index in [0.717, 1.165) is 12.1 Å². The van der Waals surface area contributed by atoms with Crippen LogP contribution in [0.4, 0.5) is 20.6 Å². The van der Waals surface area contributed by atoms with Crippen LogP contribution in [0.2, 0.25) is 0 Å². The normalized spacial score (nSPS) is 11.6. The van der Waals surface area contributed by atoms with Crippen LogP contribution >= 0.6 is 0 Å². The molecule has 8 nitrogen and oxygen atoms in total. The summed E-state index contributed by atoms with van der Waals surface area (Å²) in [5.74, 6) is -1.23. The first-order valence-corrected chi connectivity index (χ1v) is 10.6. The van der Waals surface area contributed by atoms with Gasteiger partial charge in [0.15, 0.2) is 0 Å². The second-order valence-corrected chi connectivity index (χ2v) is 9.06. The average Bonchev–Trinajstić information content (AvgIpc) is 2.62. The van der Waals surface area contributed by atoms with Crippen molar-refractivity contribution in [3.63, 3.8) is 0 Å². The smallest absolute Gasteiger partial charge is 0.412 e. The lowest BCUT2D eigenvalue weighted by Crippen LogP contribution is -2.27. The van der Waals surface area contributed by atoms with Crippen LogP contribution in [-0.4, -0.2) is 32.6 Å². The largest absolute Gasteiger partial charge is 0.444 e. The van der Waals surface area contributed by atoms with Crippen LogP contribution in [-0.2, 0) is 14.8 Å². The molecule has 0 saturated carbocycles. The highest BCUT2D eigenvalue weighted by molar-refractivity contribution is 7.89. The maximum absolute atomic E-state index is 13.7. The number of carbonyl (C=O) groups excluding carboxylic acids is 2. The molecule has 162 valence electrons. The van der Waals surface area contributed by atoms with Gasteiger partial charge in [-0.1, -0.05) is 6.92 Å². The van der Waals surface area contributed by atoms with Crippen LogP contribution in [0.3, 0.4) is 0 Å². The number of amides is 2. The SMILES string of the molecule is CCNS(=O)(=O)c1ccc(C(=O)Nc2cc(F)ccc2NC(=O)OC(C)(C)C)cc1. The van der Waals surface area contributed by atoms with Crippen LogP contribution in [0.1, 0.15) is 38.1 Å². The van der Waals surface area contributed by atoms with E-state index in [1.54, 1.807) is 27.7 Å². The van der Waals surface area contributed by atoms with E-state index in [-0.39, 0.29) is 28.4 Å². The van der Waals surface area contributed by atoms with Gasteiger partial charge in [0.2, 0.25) is 10.0 Å². The molecule has 2 amide bonds. The Labute approximate surface area is 174 Å². The van der Waals surface area contributed by atoms with E-state index >= 15 is 0 Å². The van der Waals surface area contributed by atoms with E-state index in [1.807, 2.05) is 0 Å². The van der Waals surface area contributed by atoms with E-state index < -0.39 is 33.4 Å². The number of hydrogen-bond donors (Lipinski definition) is 3. The van der Waals surface area contributed by atoms with Gasteiger partial charge in [0, 0.05) is 12.1 Å². The molecule has 0 bridgehead atoms. The monoisotopic (exact) mass is 437 g/mol. The van der Waals surface area contributed by atoms with E-state index in [1.165, 1.54) is 30.3 Å². The molecule has 0 aliphatic heterocycles. The van der Waals surface area contributed by atoms with E-state index in [0.29, 0.717) is 0 Å². The maximum atomic E-state index is 13.7. The minimum atomic E-state index is -3.65. The Morgan fingerprint density at radius 3 is 2.20 bits per heavy atom. The Balaban J connectivity index is 2.20. The Hall–Kier alpha value is -2.98. The number of nitrogens with one attached hydrogen (secondary N) is 3. The Kier molecular flexibility index (Phi) is 7.16. The fourth-order valence-corrected chi connectivity index (χ4v) is 3.44. The van der Waals surface area contributed by atoms with Crippen LogP contribution < -0.4 is 15.4 Å². The Bertz CT molecular complexity index is 1030. The first-order valence-electron chi connectivity index (χ1n) is 9.12. The second-order valence-electron chi connectivity index (χ2n) is 7.30. The lowest BCUT2D eigenvalue weighted by molar-refractivity contribution is 0.0635. The second kappa shape index (κ2) is 9.23. The fourth-order valence-electron chi connectivity index (χ4n) is 2.40. The van der Waals surface area contributed by atoms with E-state index in [2.05, 4.69) is 15.4 Å². The summed E-state index contributed by atoms with van der Waals surface area (Å²) in [7, 11) is -3.65. The van der Waals surface area contributed by atoms with Gasteiger partial charge in [-0.3, -0.25) is 10.1 Å². The van der Waals surface area contributed by atoms with Gasteiger partial charge in [-0.05, 0) is 63.2 Å². The lowest BCUT2D eigenvalue weighted by Gasteiger charge is -2.20. The van der Waals surface area contributed by atoms with Gasteiger partial charge < -0.3 is 10.1 Å². The summed E-state index contributed by atoms with van der Waals surface area (Å²) < 4.78 is 45.2. The molecule has 0 radical (unpaired) electrons. The summed E-state index contributed by atoms with van der Waals surface area (Å²) in [6.07, 6.45) is -0.761. The quantitative estimate of drug-likeness (QED) is 0.637. The molecule has 0 unspecified atom stereocenters. The predicted octanol–water partition coefficient (Wildman–Crippen LogP) is 3.72. The molecule has 0 saturated heterocycles. The zero-order chi connectivity index (χ0) is 22.5. The first kappa shape index (κ1) is 23.3. The number of hydrogen-bond acceptors (Lipinski definition) is 5. The third-order valence-electron chi connectivity index (χ3n) is 3.63. The van der Waals surface area contributed by atoms with Gasteiger partial charge in [0.05, 0.1) is 16.3 Å². The zero-order valence-corrected chi connectivity index (χ0v) is 17.9. The Morgan fingerprint density at radius 2 is 1.63 bits per heavy atom. The van der Waals surface area contributed by atoms with Crippen molar-refractivity contribution >= 4 is 33.4 Å². The minimum absolute atomic E-state index is 0.0129. The van der Waals surface area contributed by atoms with Gasteiger partial charge >= 0.3 is 6.09 Å².